The summed E-state index contributed by atoms with van der Waals surface area (Å²) in [6.45, 7) is 0. The van der Waals surface area contributed by atoms with Gasteiger partial charge in [-0.05, 0) is 0 Å². The van der Waals surface area contributed by atoms with Crippen molar-refractivity contribution < 1.29 is 45.1 Å². The number of phosphoric acid groups is 2. The summed E-state index contributed by atoms with van der Waals surface area (Å²) in [7, 11) is -16.3. The van der Waals surface area contributed by atoms with Crippen LogP contribution in [0.5, 0.6) is 0 Å². The lowest BCUT2D eigenvalue weighted by atomic mass is 15.7. The lowest BCUT2D eigenvalue weighted by Gasteiger charge is -2.08. The molecule has 0 rings (SSSR count). The summed E-state index contributed by atoms with van der Waals surface area (Å²) in [6.07, 6.45) is 0. The van der Waals surface area contributed by atoms with Gasteiger partial charge < -0.3 is 14.7 Å². The van der Waals surface area contributed by atoms with Crippen LogP contribution in [0.25, 0.3) is 0 Å². The standard InChI is InChI=1S/H4O10P2S/c1-11(2,3)9-12(4,5)10-13(6,7)8/h(H,4,5)(H2,1,2,3)(H,6,7,8). The van der Waals surface area contributed by atoms with Crippen molar-refractivity contribution in [3.8, 4) is 0 Å². The van der Waals surface area contributed by atoms with Crippen LogP contribution in [0, 0.1) is 0 Å². The molecule has 80 valence electrons. The highest BCUT2D eigenvalue weighted by molar-refractivity contribution is 7.86. The molecule has 0 saturated carbocycles. The van der Waals surface area contributed by atoms with E-state index in [-0.39, 0.29) is 0 Å². The van der Waals surface area contributed by atoms with Crippen molar-refractivity contribution in [1.82, 2.24) is 0 Å². The Kier molecular flexibility index (Phi) is 3.78. The first-order valence-electron chi connectivity index (χ1n) is 2.20. The molecule has 0 amide bonds. The van der Waals surface area contributed by atoms with Gasteiger partial charge in [-0.2, -0.15) is 12.7 Å². The van der Waals surface area contributed by atoms with E-state index in [1.165, 1.54) is 0 Å². The zero-order valence-electron chi connectivity index (χ0n) is 5.54. The van der Waals surface area contributed by atoms with Crippen LogP contribution in [0.2, 0.25) is 0 Å². The second kappa shape index (κ2) is 3.73. The van der Waals surface area contributed by atoms with Crippen LogP contribution in [0.1, 0.15) is 0 Å². The molecule has 1 unspecified atom stereocenters. The minimum atomic E-state index is -5.54. The van der Waals surface area contributed by atoms with Crippen LogP contribution in [0.4, 0.5) is 0 Å². The Bertz CT molecular complexity index is 354. The van der Waals surface area contributed by atoms with Crippen molar-refractivity contribution in [2.45, 2.75) is 0 Å². The van der Waals surface area contributed by atoms with Crippen LogP contribution in [-0.4, -0.2) is 27.7 Å². The van der Waals surface area contributed by atoms with Crippen molar-refractivity contribution in [2.24, 2.45) is 0 Å². The van der Waals surface area contributed by atoms with Gasteiger partial charge in [-0.3, -0.25) is 4.55 Å². The van der Waals surface area contributed by atoms with Gasteiger partial charge in [-0.25, -0.2) is 9.13 Å². The van der Waals surface area contributed by atoms with Gasteiger partial charge in [-0.15, -0.1) is 3.97 Å². The quantitative estimate of drug-likeness (QED) is 0.363. The second-order valence-corrected chi connectivity index (χ2v) is 5.57. The van der Waals surface area contributed by atoms with Gasteiger partial charge in [0.2, 0.25) is 0 Å². The molecule has 0 heterocycles. The molecule has 1 atom stereocenters. The molecule has 0 bridgehead atoms. The van der Waals surface area contributed by atoms with E-state index >= 15 is 0 Å². The second-order valence-electron chi connectivity index (χ2n) is 1.54. The SMILES string of the molecule is O=P(O)(O)OP(=O)(O)OS(=O)(=O)O. The molecule has 13 heavy (non-hydrogen) atoms. The Hall–Kier alpha value is 0.170. The lowest BCUT2D eigenvalue weighted by Crippen LogP contribution is -2.02. The summed E-state index contributed by atoms with van der Waals surface area (Å²) in [4.78, 5) is 24.2. The predicted molar refractivity (Wildman–Crippen MR) is 35.6 cm³/mol. The summed E-state index contributed by atoms with van der Waals surface area (Å²) < 4.78 is 53.6. The Morgan fingerprint density at radius 3 is 1.69 bits per heavy atom. The predicted octanol–water partition coefficient (Wildman–Crippen LogP) is -0.985. The highest BCUT2D eigenvalue weighted by Crippen LogP contribution is 2.58. The molecule has 0 spiro atoms. The van der Waals surface area contributed by atoms with Gasteiger partial charge in [0.05, 0.1) is 0 Å². The minimum Gasteiger partial charge on any atom is -0.302 e. The summed E-state index contributed by atoms with van der Waals surface area (Å²) in [5.74, 6) is 0. The van der Waals surface area contributed by atoms with E-state index in [4.69, 9.17) is 19.2 Å². The molecule has 0 aromatic heterocycles. The topological polar surface area (TPSA) is 168 Å². The van der Waals surface area contributed by atoms with Gasteiger partial charge in [-0.1, -0.05) is 0 Å². The maximum atomic E-state index is 10.3. The average molecular weight is 258 g/mol. The van der Waals surface area contributed by atoms with Crippen molar-refractivity contribution in [3.63, 3.8) is 0 Å². The maximum absolute atomic E-state index is 10.3. The lowest BCUT2D eigenvalue weighted by molar-refractivity contribution is 0.225. The molecule has 0 aromatic carbocycles. The summed E-state index contributed by atoms with van der Waals surface area (Å²) in [5, 5.41) is 0. The maximum Gasteiger partial charge on any atom is 0.497 e. The molecular formula is H4O10P2S. The first kappa shape index (κ1) is 13.2. The normalized spacial score (nSPS) is 18.2. The average Bonchev–Trinajstić information content (AvgIpc) is 1.43. The van der Waals surface area contributed by atoms with Crippen molar-refractivity contribution in [3.05, 3.63) is 0 Å². The molecule has 0 radical (unpaired) electrons. The van der Waals surface area contributed by atoms with Gasteiger partial charge >= 0.3 is 26.0 Å². The molecule has 0 aliphatic heterocycles. The number of rotatable bonds is 4. The molecular weight excluding hydrogens is 254 g/mol. The Morgan fingerprint density at radius 1 is 1.08 bits per heavy atom. The third kappa shape index (κ3) is 8.50. The first-order chi connectivity index (χ1) is 5.41. The van der Waals surface area contributed by atoms with Gasteiger partial charge in [0, 0.05) is 0 Å². The van der Waals surface area contributed by atoms with E-state index in [2.05, 4.69) is 8.28 Å². The fourth-order valence-corrected chi connectivity index (χ4v) is 2.65. The molecule has 10 nitrogen and oxygen atoms in total. The first-order valence-corrected chi connectivity index (χ1v) is 6.59. The smallest absolute Gasteiger partial charge is 0.302 e. The molecule has 0 saturated heterocycles. The van der Waals surface area contributed by atoms with Crippen molar-refractivity contribution >= 4 is 26.0 Å². The van der Waals surface area contributed by atoms with Gasteiger partial charge in [0.1, 0.15) is 0 Å². The van der Waals surface area contributed by atoms with Crippen LogP contribution >= 0.6 is 15.6 Å². The molecule has 0 aromatic rings. The summed E-state index contributed by atoms with van der Waals surface area (Å²) in [6, 6.07) is 0. The summed E-state index contributed by atoms with van der Waals surface area (Å²) >= 11 is 0. The highest BCUT2D eigenvalue weighted by atomic mass is 32.3. The van der Waals surface area contributed by atoms with Gasteiger partial charge in [0.25, 0.3) is 0 Å². The Balaban J connectivity index is 4.63. The van der Waals surface area contributed by atoms with Crippen LogP contribution in [0.15, 0.2) is 0 Å². The Labute approximate surface area is 71.9 Å². The van der Waals surface area contributed by atoms with E-state index in [1.807, 2.05) is 0 Å². The third-order valence-corrected chi connectivity index (χ3v) is 3.58. The van der Waals surface area contributed by atoms with E-state index in [1.54, 1.807) is 0 Å². The van der Waals surface area contributed by atoms with Gasteiger partial charge in [0.15, 0.2) is 0 Å². The summed E-state index contributed by atoms with van der Waals surface area (Å²) in [5.41, 5.74) is 0. The molecule has 0 aliphatic rings. The molecule has 0 fully saturated rings. The molecule has 0 aliphatic carbocycles. The van der Waals surface area contributed by atoms with E-state index in [0.717, 1.165) is 0 Å². The van der Waals surface area contributed by atoms with E-state index < -0.39 is 26.0 Å². The highest BCUT2D eigenvalue weighted by Gasteiger charge is 2.36. The third-order valence-electron chi connectivity index (χ3n) is 0.398. The number of hydrogen-bond donors (Lipinski definition) is 4. The van der Waals surface area contributed by atoms with Crippen LogP contribution in [-0.2, 0) is 27.8 Å². The zero-order valence-corrected chi connectivity index (χ0v) is 8.15. The fraction of sp³-hybridized carbons (Fsp3) is 0. The molecule has 4 N–H and O–H groups in total. The van der Waals surface area contributed by atoms with E-state index in [9.17, 15) is 17.5 Å². The Morgan fingerprint density at radius 2 is 1.46 bits per heavy atom. The van der Waals surface area contributed by atoms with Crippen LogP contribution in [0.3, 0.4) is 0 Å². The minimum absolute atomic E-state index is 2.93. The van der Waals surface area contributed by atoms with Crippen molar-refractivity contribution in [2.75, 3.05) is 0 Å². The zero-order chi connectivity index (χ0) is 10.9. The van der Waals surface area contributed by atoms with Crippen LogP contribution < -0.4 is 0 Å². The largest absolute Gasteiger partial charge is 0.497 e. The fourth-order valence-electron chi connectivity index (χ4n) is 0.267. The van der Waals surface area contributed by atoms with E-state index in [0.29, 0.717) is 0 Å². The van der Waals surface area contributed by atoms with Crippen molar-refractivity contribution in [1.29, 1.82) is 0 Å². The number of hydrogen-bond acceptors (Lipinski definition) is 6. The molecule has 13 heteroatoms. The monoisotopic (exact) mass is 258 g/mol.